The summed E-state index contributed by atoms with van der Waals surface area (Å²) in [6, 6.07) is 5.41. The van der Waals surface area contributed by atoms with Gasteiger partial charge in [-0.3, -0.25) is 4.79 Å². The Morgan fingerprint density at radius 3 is 2.78 bits per heavy atom. The van der Waals surface area contributed by atoms with Gasteiger partial charge in [-0.25, -0.2) is 0 Å². The van der Waals surface area contributed by atoms with Gasteiger partial charge in [0.15, 0.2) is 0 Å². The van der Waals surface area contributed by atoms with Crippen LogP contribution in [0.3, 0.4) is 0 Å². The first kappa shape index (κ1) is 16.1. The van der Waals surface area contributed by atoms with Crippen LogP contribution in [-0.2, 0) is 0 Å². The fourth-order valence-electron chi connectivity index (χ4n) is 3.74. The first-order valence-electron chi connectivity index (χ1n) is 8.03. The molecule has 1 aromatic carbocycles. The second-order valence-electron chi connectivity index (χ2n) is 6.58. The molecule has 2 N–H and O–H groups in total. The van der Waals surface area contributed by atoms with Gasteiger partial charge in [-0.15, -0.1) is 0 Å². The van der Waals surface area contributed by atoms with Crippen LogP contribution in [0.25, 0.3) is 10.9 Å². The Balaban J connectivity index is 2.38. The largest absolute Gasteiger partial charge is 0.506 e. The maximum atomic E-state index is 13.0. The molecule has 0 amide bonds. The minimum atomic E-state index is -0.288. The van der Waals surface area contributed by atoms with E-state index < -0.39 is 0 Å². The van der Waals surface area contributed by atoms with E-state index in [9.17, 15) is 9.90 Å². The number of benzene rings is 1. The summed E-state index contributed by atoms with van der Waals surface area (Å²) in [6.07, 6.45) is 4.13. The summed E-state index contributed by atoms with van der Waals surface area (Å²) in [5.74, 6) is 0.386. The van der Waals surface area contributed by atoms with Crippen LogP contribution in [0.5, 0.6) is 5.75 Å². The van der Waals surface area contributed by atoms with E-state index in [-0.39, 0.29) is 28.6 Å². The van der Waals surface area contributed by atoms with Gasteiger partial charge in [-0.05, 0) is 37.8 Å². The molecule has 1 aliphatic carbocycles. The Kier molecular flexibility index (Phi) is 4.19. The van der Waals surface area contributed by atoms with E-state index in [1.54, 1.807) is 16.7 Å². The van der Waals surface area contributed by atoms with Crippen molar-refractivity contribution in [2.24, 2.45) is 5.92 Å². The van der Waals surface area contributed by atoms with E-state index in [1.807, 2.05) is 6.07 Å². The van der Waals surface area contributed by atoms with Crippen LogP contribution in [0.15, 0.2) is 23.0 Å². The van der Waals surface area contributed by atoms with Crippen LogP contribution in [0.1, 0.15) is 51.1 Å². The van der Waals surface area contributed by atoms with E-state index >= 15 is 0 Å². The first-order valence-corrected chi connectivity index (χ1v) is 8.40. The Morgan fingerprint density at radius 2 is 2.13 bits per heavy atom. The molecule has 23 heavy (non-hydrogen) atoms. The van der Waals surface area contributed by atoms with Crippen LogP contribution >= 0.6 is 11.6 Å². The highest BCUT2D eigenvalue weighted by molar-refractivity contribution is 6.36. The van der Waals surface area contributed by atoms with Crippen molar-refractivity contribution in [3.05, 3.63) is 39.1 Å². The highest BCUT2D eigenvalue weighted by Gasteiger charge is 2.26. The molecule has 2 unspecified atom stereocenters. The number of fused-ring (bicyclic) bond motifs is 1. The lowest BCUT2D eigenvalue weighted by atomic mass is 9.86. The SMILES string of the molecule is CC(=N)c1c(O)c2c(Cl)cccc2n(C2CCCC(C)C2)c1=O. The predicted molar refractivity (Wildman–Crippen MR) is 94.1 cm³/mol. The molecule has 0 radical (unpaired) electrons. The summed E-state index contributed by atoms with van der Waals surface area (Å²) in [5, 5.41) is 19.3. The molecule has 3 rings (SSSR count). The molecule has 2 atom stereocenters. The molecule has 122 valence electrons. The summed E-state index contributed by atoms with van der Waals surface area (Å²) < 4.78 is 1.75. The Morgan fingerprint density at radius 1 is 1.39 bits per heavy atom. The molecule has 0 bridgehead atoms. The lowest BCUT2D eigenvalue weighted by Crippen LogP contribution is -2.32. The van der Waals surface area contributed by atoms with Crippen molar-refractivity contribution in [2.75, 3.05) is 0 Å². The summed E-state index contributed by atoms with van der Waals surface area (Å²) in [5.41, 5.74) is 0.490. The van der Waals surface area contributed by atoms with Gasteiger partial charge in [-0.1, -0.05) is 37.4 Å². The number of hydrogen-bond acceptors (Lipinski definition) is 3. The van der Waals surface area contributed by atoms with Crippen LogP contribution in [-0.4, -0.2) is 15.4 Å². The maximum absolute atomic E-state index is 13.0. The van der Waals surface area contributed by atoms with E-state index in [4.69, 9.17) is 17.0 Å². The smallest absolute Gasteiger partial charge is 0.264 e. The van der Waals surface area contributed by atoms with Gasteiger partial charge in [0.1, 0.15) is 11.3 Å². The molecule has 0 saturated heterocycles. The lowest BCUT2D eigenvalue weighted by Gasteiger charge is -2.30. The van der Waals surface area contributed by atoms with Gasteiger partial charge in [-0.2, -0.15) is 0 Å². The normalized spacial score (nSPS) is 21.5. The van der Waals surface area contributed by atoms with Crippen LogP contribution in [0, 0.1) is 11.3 Å². The van der Waals surface area contributed by atoms with E-state index in [0.29, 0.717) is 21.8 Å². The fraction of sp³-hybridized carbons (Fsp3) is 0.444. The molecule has 2 aromatic rings. The van der Waals surface area contributed by atoms with Crippen molar-refractivity contribution in [1.82, 2.24) is 4.57 Å². The molecule has 1 saturated carbocycles. The third-order valence-corrected chi connectivity index (χ3v) is 5.12. The molecule has 1 aromatic heterocycles. The van der Waals surface area contributed by atoms with E-state index in [2.05, 4.69) is 6.92 Å². The maximum Gasteiger partial charge on any atom is 0.264 e. The Bertz CT molecular complexity index is 841. The van der Waals surface area contributed by atoms with Crippen molar-refractivity contribution >= 4 is 28.2 Å². The average molecular weight is 333 g/mol. The van der Waals surface area contributed by atoms with Gasteiger partial charge in [0.2, 0.25) is 0 Å². The monoisotopic (exact) mass is 332 g/mol. The van der Waals surface area contributed by atoms with Gasteiger partial charge in [0, 0.05) is 11.8 Å². The Hall–Kier alpha value is -1.81. The number of nitrogens with zero attached hydrogens (tertiary/aromatic N) is 1. The van der Waals surface area contributed by atoms with Crippen molar-refractivity contribution in [3.63, 3.8) is 0 Å². The van der Waals surface area contributed by atoms with Gasteiger partial charge < -0.3 is 15.1 Å². The van der Waals surface area contributed by atoms with Gasteiger partial charge in [0.25, 0.3) is 5.56 Å². The highest BCUT2D eigenvalue weighted by atomic mass is 35.5. The summed E-state index contributed by atoms with van der Waals surface area (Å²) in [6.45, 7) is 3.72. The van der Waals surface area contributed by atoms with E-state index in [1.165, 1.54) is 13.3 Å². The van der Waals surface area contributed by atoms with Gasteiger partial charge in [0.05, 0.1) is 15.9 Å². The van der Waals surface area contributed by atoms with E-state index in [0.717, 1.165) is 19.3 Å². The second-order valence-corrected chi connectivity index (χ2v) is 6.99. The lowest BCUT2D eigenvalue weighted by molar-refractivity contribution is 0.282. The molecule has 0 aliphatic heterocycles. The molecular weight excluding hydrogens is 312 g/mol. The molecule has 0 spiro atoms. The number of rotatable bonds is 2. The first-order chi connectivity index (χ1) is 10.9. The van der Waals surface area contributed by atoms with Crippen LogP contribution in [0.4, 0.5) is 0 Å². The molecule has 1 heterocycles. The Labute approximate surface area is 140 Å². The third-order valence-electron chi connectivity index (χ3n) is 4.81. The fourth-order valence-corrected chi connectivity index (χ4v) is 4.00. The zero-order valence-corrected chi connectivity index (χ0v) is 14.2. The number of pyridine rings is 1. The minimum absolute atomic E-state index is 0.0591. The second kappa shape index (κ2) is 6.00. The van der Waals surface area contributed by atoms with Crippen LogP contribution in [0.2, 0.25) is 5.02 Å². The number of halogens is 1. The number of aromatic hydroxyl groups is 1. The highest BCUT2D eigenvalue weighted by Crippen LogP contribution is 2.38. The molecule has 4 nitrogen and oxygen atoms in total. The minimum Gasteiger partial charge on any atom is -0.506 e. The zero-order chi connectivity index (χ0) is 16.7. The zero-order valence-electron chi connectivity index (χ0n) is 13.4. The quantitative estimate of drug-likeness (QED) is 0.795. The summed E-state index contributed by atoms with van der Waals surface area (Å²) in [7, 11) is 0. The van der Waals surface area contributed by atoms with Crippen molar-refractivity contribution < 1.29 is 5.11 Å². The van der Waals surface area contributed by atoms with Crippen LogP contribution < -0.4 is 5.56 Å². The van der Waals surface area contributed by atoms with Crippen molar-refractivity contribution in [2.45, 2.75) is 45.6 Å². The molecule has 1 fully saturated rings. The number of nitrogens with one attached hydrogen (secondary N) is 1. The summed E-state index contributed by atoms with van der Waals surface area (Å²) in [4.78, 5) is 13.0. The third kappa shape index (κ3) is 2.65. The predicted octanol–water partition coefficient (Wildman–Crippen LogP) is 4.50. The number of aromatic nitrogens is 1. The number of hydrogen-bond donors (Lipinski definition) is 2. The molecule has 1 aliphatic rings. The van der Waals surface area contributed by atoms with Gasteiger partial charge >= 0.3 is 0 Å². The van der Waals surface area contributed by atoms with Crippen molar-refractivity contribution in [1.29, 1.82) is 5.41 Å². The standard InChI is InChI=1S/C18H21ClN2O2/c1-10-5-3-6-12(9-10)21-14-8-4-7-13(19)16(14)17(22)15(11(2)20)18(21)23/h4,7-8,10,12,20,22H,3,5-6,9H2,1-2H3. The summed E-state index contributed by atoms with van der Waals surface area (Å²) >= 11 is 6.29. The molecule has 5 heteroatoms. The topological polar surface area (TPSA) is 66.1 Å². The van der Waals surface area contributed by atoms with Crippen molar-refractivity contribution in [3.8, 4) is 5.75 Å². The average Bonchev–Trinajstić information content (AvgIpc) is 2.46. The molecular formula is C18H21ClN2O2.